The van der Waals surface area contributed by atoms with Crippen LogP contribution in [-0.2, 0) is 4.79 Å². The van der Waals surface area contributed by atoms with Crippen LogP contribution in [0.15, 0.2) is 53.3 Å². The van der Waals surface area contributed by atoms with Crippen LogP contribution < -0.4 is 15.8 Å². The monoisotopic (exact) mass is 479 g/mol. The summed E-state index contributed by atoms with van der Waals surface area (Å²) in [5.74, 6) is -1.29. The quantitative estimate of drug-likeness (QED) is 0.567. The van der Waals surface area contributed by atoms with Gasteiger partial charge in [0.1, 0.15) is 11.9 Å². The molecule has 1 saturated heterocycles. The van der Waals surface area contributed by atoms with Crippen molar-refractivity contribution < 1.29 is 14.0 Å². The molecule has 1 aromatic heterocycles. The lowest BCUT2D eigenvalue weighted by molar-refractivity contribution is -0.135. The fraction of sp³-hybridized carbons (Fsp3) is 0.385. The molecule has 2 amide bonds. The number of para-hydroxylation sites is 2. The molecular formula is C26H30FN5O3. The van der Waals surface area contributed by atoms with E-state index >= 15 is 0 Å². The van der Waals surface area contributed by atoms with E-state index in [2.05, 4.69) is 20.2 Å². The van der Waals surface area contributed by atoms with Gasteiger partial charge in [-0.2, -0.15) is 0 Å². The van der Waals surface area contributed by atoms with Gasteiger partial charge in [0.15, 0.2) is 5.69 Å². The number of anilines is 1. The largest absolute Gasteiger partial charge is 0.371 e. The predicted octanol–water partition coefficient (Wildman–Crippen LogP) is 2.94. The minimum absolute atomic E-state index is 0.173. The summed E-state index contributed by atoms with van der Waals surface area (Å²) in [6, 6.07) is 12.8. The Morgan fingerprint density at radius 2 is 1.77 bits per heavy atom. The first kappa shape index (κ1) is 24.4. The molecule has 1 fully saturated rings. The molecule has 0 spiro atoms. The van der Waals surface area contributed by atoms with Crippen molar-refractivity contribution in [1.82, 2.24) is 20.2 Å². The van der Waals surface area contributed by atoms with Crippen LogP contribution in [0, 0.1) is 11.7 Å². The molecule has 4 rings (SSSR count). The lowest BCUT2D eigenvalue weighted by Crippen LogP contribution is -2.55. The number of amides is 2. The summed E-state index contributed by atoms with van der Waals surface area (Å²) in [6.07, 6.45) is 1.51. The Hall–Kier alpha value is -3.75. The van der Waals surface area contributed by atoms with Gasteiger partial charge < -0.3 is 20.1 Å². The number of halogens is 1. The third kappa shape index (κ3) is 5.34. The van der Waals surface area contributed by atoms with Gasteiger partial charge in [-0.05, 0) is 55.2 Å². The van der Waals surface area contributed by atoms with Gasteiger partial charge in [-0.3, -0.25) is 14.4 Å². The van der Waals surface area contributed by atoms with Crippen LogP contribution in [0.4, 0.5) is 10.1 Å². The van der Waals surface area contributed by atoms with Crippen LogP contribution in [-0.4, -0.2) is 58.9 Å². The molecule has 1 atom stereocenters. The van der Waals surface area contributed by atoms with Crippen molar-refractivity contribution in [2.75, 3.05) is 25.0 Å². The maximum Gasteiger partial charge on any atom is 0.280 e. The van der Waals surface area contributed by atoms with Gasteiger partial charge in [0.2, 0.25) is 5.91 Å². The number of hydrogen-bond acceptors (Lipinski definition) is 5. The third-order valence-corrected chi connectivity index (χ3v) is 6.59. The van der Waals surface area contributed by atoms with E-state index in [0.29, 0.717) is 24.1 Å². The molecule has 9 heteroatoms. The second-order valence-corrected chi connectivity index (χ2v) is 9.27. The number of carbonyl (C=O) groups excluding carboxylic acids is 2. The van der Waals surface area contributed by atoms with Crippen LogP contribution in [0.25, 0.3) is 11.0 Å². The van der Waals surface area contributed by atoms with Gasteiger partial charge in [-0.15, -0.1) is 0 Å². The zero-order chi connectivity index (χ0) is 25.1. The highest BCUT2D eigenvalue weighted by Crippen LogP contribution is 2.23. The topological polar surface area (TPSA) is 98.4 Å². The fourth-order valence-electron chi connectivity index (χ4n) is 4.46. The minimum atomic E-state index is -0.776. The van der Waals surface area contributed by atoms with Gasteiger partial charge >= 0.3 is 0 Å². The van der Waals surface area contributed by atoms with Crippen molar-refractivity contribution in [1.29, 1.82) is 0 Å². The number of hydrogen-bond donors (Lipinski definition) is 2. The number of carbonyl (C=O) groups is 2. The Morgan fingerprint density at radius 3 is 2.43 bits per heavy atom. The molecule has 0 unspecified atom stereocenters. The summed E-state index contributed by atoms with van der Waals surface area (Å²) in [5, 5.41) is 2.74. The van der Waals surface area contributed by atoms with Crippen molar-refractivity contribution in [2.45, 2.75) is 38.8 Å². The molecule has 0 saturated carbocycles. The van der Waals surface area contributed by atoms with E-state index < -0.39 is 17.5 Å². The molecule has 1 aliphatic heterocycles. The number of nitrogens with zero attached hydrogens (tertiary/aromatic N) is 3. The van der Waals surface area contributed by atoms with Gasteiger partial charge in [0.25, 0.3) is 11.5 Å². The standard InChI is InChI=1S/C26H30FN5O3/c1-16(2)22(30-25(34)23-24(33)29-21-7-5-4-6-20(21)28-23)26(35)32-14-12-19(13-15-32)31(3)18-10-8-17(27)9-11-18/h4-11,16,19,22H,12-15H2,1-3H3,(H,29,33)(H,30,34)/t22-/m0/s1. The number of H-pyrrole nitrogens is 1. The van der Waals surface area contributed by atoms with Crippen LogP contribution in [0.1, 0.15) is 37.2 Å². The van der Waals surface area contributed by atoms with Crippen molar-refractivity contribution in [2.24, 2.45) is 5.92 Å². The van der Waals surface area contributed by atoms with Crippen LogP contribution in [0.2, 0.25) is 0 Å². The first-order valence-corrected chi connectivity index (χ1v) is 11.8. The molecule has 2 aromatic carbocycles. The molecule has 2 N–H and O–H groups in total. The average molecular weight is 480 g/mol. The number of nitrogens with one attached hydrogen (secondary N) is 2. The van der Waals surface area contributed by atoms with E-state index in [9.17, 15) is 18.8 Å². The number of benzene rings is 2. The second kappa shape index (κ2) is 10.2. The van der Waals surface area contributed by atoms with Crippen molar-refractivity contribution in [3.63, 3.8) is 0 Å². The Kier molecular flexibility index (Phi) is 7.14. The van der Waals surface area contributed by atoms with E-state index in [0.717, 1.165) is 18.5 Å². The maximum absolute atomic E-state index is 13.3. The molecule has 0 aliphatic carbocycles. The molecule has 0 radical (unpaired) electrons. The Bertz CT molecular complexity index is 1270. The summed E-state index contributed by atoms with van der Waals surface area (Å²) in [5.41, 5.74) is 1.11. The first-order chi connectivity index (χ1) is 16.7. The van der Waals surface area contributed by atoms with Gasteiger partial charge in [-0.25, -0.2) is 9.37 Å². The lowest BCUT2D eigenvalue weighted by atomic mass is 9.98. The number of fused-ring (bicyclic) bond motifs is 1. The summed E-state index contributed by atoms with van der Waals surface area (Å²) < 4.78 is 13.2. The SMILES string of the molecule is CC(C)[C@H](NC(=O)c1nc2ccccc2[nH]c1=O)C(=O)N1CCC(N(C)c2ccc(F)cc2)CC1. The Balaban J connectivity index is 1.42. The predicted molar refractivity (Wildman–Crippen MR) is 133 cm³/mol. The van der Waals surface area contributed by atoms with Gasteiger partial charge in [0.05, 0.1) is 11.0 Å². The first-order valence-electron chi connectivity index (χ1n) is 11.8. The summed E-state index contributed by atoms with van der Waals surface area (Å²) in [7, 11) is 1.97. The Labute approximate surface area is 203 Å². The molecule has 35 heavy (non-hydrogen) atoms. The highest BCUT2D eigenvalue weighted by molar-refractivity contribution is 5.97. The van der Waals surface area contributed by atoms with E-state index in [1.165, 1.54) is 12.1 Å². The molecule has 1 aliphatic rings. The molecular weight excluding hydrogens is 449 g/mol. The van der Waals surface area contributed by atoms with E-state index in [-0.39, 0.29) is 29.4 Å². The molecule has 2 heterocycles. The molecule has 0 bridgehead atoms. The van der Waals surface area contributed by atoms with Gasteiger partial charge in [0, 0.05) is 31.9 Å². The van der Waals surface area contributed by atoms with Crippen LogP contribution in [0.5, 0.6) is 0 Å². The summed E-state index contributed by atoms with van der Waals surface area (Å²) in [4.78, 5) is 49.5. The van der Waals surface area contributed by atoms with E-state index in [4.69, 9.17) is 0 Å². The number of likely N-dealkylation sites (tertiary alicyclic amines) is 1. The average Bonchev–Trinajstić information content (AvgIpc) is 2.86. The maximum atomic E-state index is 13.3. The van der Waals surface area contributed by atoms with Crippen molar-refractivity contribution in [3.8, 4) is 0 Å². The number of piperidine rings is 1. The van der Waals surface area contributed by atoms with Crippen LogP contribution in [0.3, 0.4) is 0 Å². The minimum Gasteiger partial charge on any atom is -0.371 e. The Morgan fingerprint density at radius 1 is 1.11 bits per heavy atom. The summed E-state index contributed by atoms with van der Waals surface area (Å²) in [6.45, 7) is 4.80. The molecule has 184 valence electrons. The number of rotatable bonds is 6. The number of aromatic nitrogens is 2. The van der Waals surface area contributed by atoms with Crippen molar-refractivity contribution >= 4 is 28.5 Å². The van der Waals surface area contributed by atoms with Crippen LogP contribution >= 0.6 is 0 Å². The molecule has 8 nitrogen and oxygen atoms in total. The zero-order valence-electron chi connectivity index (χ0n) is 20.1. The lowest BCUT2D eigenvalue weighted by Gasteiger charge is -2.39. The van der Waals surface area contributed by atoms with Crippen molar-refractivity contribution in [3.05, 3.63) is 70.4 Å². The zero-order valence-corrected chi connectivity index (χ0v) is 20.1. The van der Waals surface area contributed by atoms with Gasteiger partial charge in [-0.1, -0.05) is 26.0 Å². The normalized spacial score (nSPS) is 15.3. The molecule has 3 aromatic rings. The highest BCUT2D eigenvalue weighted by Gasteiger charge is 2.33. The van der Waals surface area contributed by atoms with E-state index in [1.807, 2.05) is 20.9 Å². The van der Waals surface area contributed by atoms with E-state index in [1.54, 1.807) is 41.3 Å². The second-order valence-electron chi connectivity index (χ2n) is 9.27. The summed E-state index contributed by atoms with van der Waals surface area (Å²) >= 11 is 0. The smallest absolute Gasteiger partial charge is 0.280 e. The third-order valence-electron chi connectivity index (χ3n) is 6.59. The fourth-order valence-corrected chi connectivity index (χ4v) is 4.46. The number of aromatic amines is 1. The highest BCUT2D eigenvalue weighted by atomic mass is 19.1.